The smallest absolute Gasteiger partial charge is 0.253 e. The highest BCUT2D eigenvalue weighted by molar-refractivity contribution is 5.99. The van der Waals surface area contributed by atoms with Gasteiger partial charge in [0.05, 0.1) is 11.8 Å². The molecule has 0 radical (unpaired) electrons. The Morgan fingerprint density at radius 3 is 2.78 bits per heavy atom. The van der Waals surface area contributed by atoms with E-state index in [1.54, 1.807) is 24.5 Å². The number of hydrogen-bond donors (Lipinski definition) is 3. The predicted octanol–water partition coefficient (Wildman–Crippen LogP) is 1.42. The van der Waals surface area contributed by atoms with Crippen LogP contribution in [-0.2, 0) is 6.42 Å². The highest BCUT2D eigenvalue weighted by Crippen LogP contribution is 2.15. The normalized spacial score (nSPS) is 10.2. The van der Waals surface area contributed by atoms with Crippen LogP contribution in [-0.4, -0.2) is 12.5 Å². The van der Waals surface area contributed by atoms with E-state index in [-0.39, 0.29) is 5.91 Å². The van der Waals surface area contributed by atoms with E-state index in [0.29, 0.717) is 29.9 Å². The molecule has 0 saturated heterocycles. The van der Waals surface area contributed by atoms with Crippen LogP contribution >= 0.6 is 0 Å². The molecule has 1 aromatic carbocycles. The fourth-order valence-corrected chi connectivity index (χ4v) is 1.64. The predicted molar refractivity (Wildman–Crippen MR) is 70.0 cm³/mol. The van der Waals surface area contributed by atoms with Gasteiger partial charge in [-0.2, -0.15) is 0 Å². The van der Waals surface area contributed by atoms with Gasteiger partial charge in [-0.05, 0) is 30.3 Å². The second-order valence-electron chi connectivity index (χ2n) is 3.93. The summed E-state index contributed by atoms with van der Waals surface area (Å²) in [6.45, 7) is 0.496. The summed E-state index contributed by atoms with van der Waals surface area (Å²) in [6.07, 6.45) is 2.25. The van der Waals surface area contributed by atoms with Crippen molar-refractivity contribution in [2.75, 3.05) is 18.0 Å². The molecule has 1 aromatic heterocycles. The lowest BCUT2D eigenvalue weighted by atomic mass is 10.1. The molecule has 1 heterocycles. The molecule has 0 atom stereocenters. The van der Waals surface area contributed by atoms with Gasteiger partial charge >= 0.3 is 0 Å². The van der Waals surface area contributed by atoms with Crippen LogP contribution in [0.15, 0.2) is 41.0 Å². The number of carbonyl (C=O) groups is 1. The molecule has 94 valence electrons. The molecule has 5 nitrogen and oxygen atoms in total. The zero-order chi connectivity index (χ0) is 13.0. The van der Waals surface area contributed by atoms with E-state index in [1.165, 1.54) is 0 Å². The average molecular weight is 245 g/mol. The molecular formula is C13H15N3O2. The highest BCUT2D eigenvalue weighted by Gasteiger charge is 2.09. The van der Waals surface area contributed by atoms with Crippen molar-refractivity contribution in [1.82, 2.24) is 5.32 Å². The van der Waals surface area contributed by atoms with E-state index >= 15 is 0 Å². The van der Waals surface area contributed by atoms with Crippen molar-refractivity contribution in [2.24, 2.45) is 0 Å². The van der Waals surface area contributed by atoms with Crippen molar-refractivity contribution in [1.29, 1.82) is 0 Å². The maximum absolute atomic E-state index is 11.8. The number of furan rings is 1. The second kappa shape index (κ2) is 5.27. The first kappa shape index (κ1) is 12.0. The van der Waals surface area contributed by atoms with Crippen LogP contribution in [0.3, 0.4) is 0 Å². The van der Waals surface area contributed by atoms with Gasteiger partial charge in [-0.1, -0.05) is 0 Å². The van der Waals surface area contributed by atoms with Crippen LogP contribution in [0.4, 0.5) is 11.4 Å². The van der Waals surface area contributed by atoms with E-state index in [1.807, 2.05) is 12.1 Å². The number of nitrogens with one attached hydrogen (secondary N) is 1. The Bertz CT molecular complexity index is 535. The van der Waals surface area contributed by atoms with Gasteiger partial charge in [0.1, 0.15) is 5.76 Å². The Morgan fingerprint density at radius 1 is 1.28 bits per heavy atom. The summed E-state index contributed by atoms with van der Waals surface area (Å²) in [5, 5.41) is 2.78. The first-order valence-corrected chi connectivity index (χ1v) is 5.62. The van der Waals surface area contributed by atoms with Crippen LogP contribution in [0.1, 0.15) is 16.1 Å². The van der Waals surface area contributed by atoms with Crippen LogP contribution in [0.2, 0.25) is 0 Å². The quantitative estimate of drug-likeness (QED) is 0.710. The summed E-state index contributed by atoms with van der Waals surface area (Å²) < 4.78 is 5.17. The molecule has 2 rings (SSSR count). The first-order chi connectivity index (χ1) is 8.66. The third-order valence-electron chi connectivity index (χ3n) is 2.56. The molecule has 5 heteroatoms. The van der Waals surface area contributed by atoms with Gasteiger partial charge in [-0.3, -0.25) is 4.79 Å². The fraction of sp³-hybridized carbons (Fsp3) is 0.154. The lowest BCUT2D eigenvalue weighted by molar-refractivity contribution is 0.0954. The summed E-state index contributed by atoms with van der Waals surface area (Å²) in [7, 11) is 0. The van der Waals surface area contributed by atoms with Gasteiger partial charge in [0.2, 0.25) is 0 Å². The van der Waals surface area contributed by atoms with Crippen LogP contribution in [0.25, 0.3) is 0 Å². The third-order valence-corrected chi connectivity index (χ3v) is 2.56. The van der Waals surface area contributed by atoms with Gasteiger partial charge in [0.15, 0.2) is 0 Å². The molecular weight excluding hydrogens is 230 g/mol. The first-order valence-electron chi connectivity index (χ1n) is 5.62. The van der Waals surface area contributed by atoms with Crippen LogP contribution < -0.4 is 16.8 Å². The molecule has 0 fully saturated rings. The molecule has 0 aliphatic heterocycles. The minimum atomic E-state index is -0.209. The summed E-state index contributed by atoms with van der Waals surface area (Å²) in [4.78, 5) is 11.8. The largest absolute Gasteiger partial charge is 0.469 e. The van der Waals surface area contributed by atoms with Crippen molar-refractivity contribution in [3.05, 3.63) is 47.9 Å². The monoisotopic (exact) mass is 245 g/mol. The van der Waals surface area contributed by atoms with Gasteiger partial charge in [-0.15, -0.1) is 0 Å². The van der Waals surface area contributed by atoms with Crippen LogP contribution in [0.5, 0.6) is 0 Å². The molecule has 2 aromatic rings. The second-order valence-corrected chi connectivity index (χ2v) is 3.93. The standard InChI is InChI=1S/C13H15N3O2/c14-9-3-4-11(12(15)8-9)13(17)16-6-5-10-2-1-7-18-10/h1-4,7-8H,5-6,14-15H2,(H,16,17). The summed E-state index contributed by atoms with van der Waals surface area (Å²) >= 11 is 0. The lowest BCUT2D eigenvalue weighted by Crippen LogP contribution is -2.26. The molecule has 18 heavy (non-hydrogen) atoms. The van der Waals surface area contributed by atoms with Gasteiger partial charge < -0.3 is 21.2 Å². The molecule has 5 N–H and O–H groups in total. The molecule has 0 unspecified atom stereocenters. The van der Waals surface area contributed by atoms with Gasteiger partial charge in [0, 0.05) is 24.3 Å². The molecule has 0 bridgehead atoms. The highest BCUT2D eigenvalue weighted by atomic mass is 16.3. The van der Waals surface area contributed by atoms with E-state index in [4.69, 9.17) is 15.9 Å². The summed E-state index contributed by atoms with van der Waals surface area (Å²) in [6, 6.07) is 8.52. The number of amides is 1. The van der Waals surface area contributed by atoms with Crippen molar-refractivity contribution >= 4 is 17.3 Å². The number of benzene rings is 1. The van der Waals surface area contributed by atoms with E-state index in [0.717, 1.165) is 5.76 Å². The Morgan fingerprint density at radius 2 is 2.11 bits per heavy atom. The average Bonchev–Trinajstić information content (AvgIpc) is 2.81. The number of nitrogens with two attached hydrogens (primary N) is 2. The Labute approximate surface area is 105 Å². The van der Waals surface area contributed by atoms with E-state index in [9.17, 15) is 4.79 Å². The molecule has 0 spiro atoms. The third kappa shape index (κ3) is 2.82. The minimum absolute atomic E-state index is 0.209. The fourth-order valence-electron chi connectivity index (χ4n) is 1.64. The van der Waals surface area contributed by atoms with Crippen LogP contribution in [0, 0.1) is 0 Å². The SMILES string of the molecule is Nc1ccc(C(=O)NCCc2ccco2)c(N)c1. The minimum Gasteiger partial charge on any atom is -0.469 e. The number of rotatable bonds is 4. The zero-order valence-electron chi connectivity index (χ0n) is 9.85. The van der Waals surface area contributed by atoms with E-state index < -0.39 is 0 Å². The van der Waals surface area contributed by atoms with Crippen molar-refractivity contribution < 1.29 is 9.21 Å². The maximum atomic E-state index is 11.8. The maximum Gasteiger partial charge on any atom is 0.253 e. The number of hydrogen-bond acceptors (Lipinski definition) is 4. The van der Waals surface area contributed by atoms with Crippen molar-refractivity contribution in [2.45, 2.75) is 6.42 Å². The van der Waals surface area contributed by atoms with E-state index in [2.05, 4.69) is 5.32 Å². The summed E-state index contributed by atoms with van der Waals surface area (Å²) in [5.41, 5.74) is 12.7. The lowest BCUT2D eigenvalue weighted by Gasteiger charge is -2.07. The van der Waals surface area contributed by atoms with Gasteiger partial charge in [-0.25, -0.2) is 0 Å². The topological polar surface area (TPSA) is 94.3 Å². The molecule has 0 aliphatic carbocycles. The summed E-state index contributed by atoms with van der Waals surface area (Å²) in [5.74, 6) is 0.625. The van der Waals surface area contributed by atoms with Gasteiger partial charge in [0.25, 0.3) is 5.91 Å². The van der Waals surface area contributed by atoms with Crippen molar-refractivity contribution in [3.8, 4) is 0 Å². The number of anilines is 2. The Kier molecular flexibility index (Phi) is 3.52. The number of carbonyl (C=O) groups excluding carboxylic acids is 1. The van der Waals surface area contributed by atoms with Crippen molar-refractivity contribution in [3.63, 3.8) is 0 Å². The molecule has 1 amide bonds. The Balaban J connectivity index is 1.91. The zero-order valence-corrected chi connectivity index (χ0v) is 9.85. The number of nitrogen functional groups attached to an aromatic ring is 2. The Hall–Kier alpha value is -2.43. The molecule has 0 aliphatic rings. The molecule has 0 saturated carbocycles.